The Morgan fingerprint density at radius 1 is 1.02 bits per heavy atom. The Labute approximate surface area is 258 Å². The molecule has 11 heteroatoms. The van der Waals surface area contributed by atoms with Crippen molar-refractivity contribution < 1.29 is 19.5 Å². The molecule has 1 atom stereocenters. The number of aliphatic carboxylic acids is 1. The Balaban J connectivity index is 1.18. The number of likely N-dealkylation sites (tertiary alicyclic amines) is 2. The molecule has 2 amide bonds. The highest BCUT2D eigenvalue weighted by molar-refractivity contribution is 6.31. The average Bonchev–Trinajstić information content (AvgIpc) is 3.55. The normalized spacial score (nSPS) is 19.4. The summed E-state index contributed by atoms with van der Waals surface area (Å²) in [6.07, 6.45) is 5.88. The van der Waals surface area contributed by atoms with Gasteiger partial charge in [-0.25, -0.2) is 9.97 Å². The van der Waals surface area contributed by atoms with Crippen LogP contribution in [-0.2, 0) is 9.59 Å². The van der Waals surface area contributed by atoms with Crippen molar-refractivity contribution in [1.29, 1.82) is 0 Å². The molecular formula is C32H41ClN6O4. The number of halogens is 1. The molecule has 1 aromatic carbocycles. The molecule has 3 aliphatic heterocycles. The molecule has 5 rings (SSSR count). The van der Waals surface area contributed by atoms with E-state index in [1.165, 1.54) is 11.9 Å². The number of anilines is 1. The van der Waals surface area contributed by atoms with Crippen molar-refractivity contribution in [3.8, 4) is 0 Å². The van der Waals surface area contributed by atoms with Crippen molar-refractivity contribution in [2.75, 3.05) is 57.3 Å². The molecule has 2 saturated heterocycles. The molecule has 2 fully saturated rings. The highest BCUT2D eigenvalue weighted by atomic mass is 35.5. The Morgan fingerprint density at radius 3 is 2.40 bits per heavy atom. The number of aromatic nitrogens is 2. The van der Waals surface area contributed by atoms with Gasteiger partial charge in [0.05, 0.1) is 23.4 Å². The maximum atomic E-state index is 13.8. The van der Waals surface area contributed by atoms with Crippen LogP contribution in [0.5, 0.6) is 0 Å². The zero-order chi connectivity index (χ0) is 30.7. The van der Waals surface area contributed by atoms with Gasteiger partial charge >= 0.3 is 5.97 Å². The third kappa shape index (κ3) is 7.25. The first-order valence-electron chi connectivity index (χ1n) is 15.1. The topological polar surface area (TPSA) is 110 Å². The minimum absolute atomic E-state index is 0.0392. The predicted octanol–water partition coefficient (Wildman–Crippen LogP) is 3.94. The van der Waals surface area contributed by atoms with E-state index in [1.54, 1.807) is 0 Å². The quantitative estimate of drug-likeness (QED) is 0.432. The van der Waals surface area contributed by atoms with Gasteiger partial charge in [0.15, 0.2) is 0 Å². The highest BCUT2D eigenvalue weighted by Gasteiger charge is 2.36. The first-order valence-corrected chi connectivity index (χ1v) is 15.5. The average molecular weight is 609 g/mol. The molecule has 230 valence electrons. The molecule has 0 aliphatic carbocycles. The number of rotatable bonds is 10. The molecule has 1 N–H and O–H groups in total. The first-order chi connectivity index (χ1) is 20.6. The van der Waals surface area contributed by atoms with E-state index in [1.807, 2.05) is 55.0 Å². The van der Waals surface area contributed by atoms with E-state index in [0.29, 0.717) is 47.5 Å². The minimum atomic E-state index is -0.795. The highest BCUT2D eigenvalue weighted by Crippen LogP contribution is 2.32. The van der Waals surface area contributed by atoms with Gasteiger partial charge in [0.25, 0.3) is 5.91 Å². The van der Waals surface area contributed by atoms with Crippen LogP contribution in [0.2, 0.25) is 5.02 Å². The lowest BCUT2D eigenvalue weighted by atomic mass is 9.94. The minimum Gasteiger partial charge on any atom is -0.481 e. The number of piperidine rings is 1. The number of carboxylic acids is 1. The molecule has 2 aromatic rings. The summed E-state index contributed by atoms with van der Waals surface area (Å²) in [6.45, 7) is 11.4. The summed E-state index contributed by atoms with van der Waals surface area (Å²) in [4.78, 5) is 54.7. The second kappa shape index (κ2) is 13.5. The number of carbonyl (C=O) groups excluding carboxylic acids is 2. The van der Waals surface area contributed by atoms with Crippen molar-refractivity contribution in [1.82, 2.24) is 24.7 Å². The summed E-state index contributed by atoms with van der Waals surface area (Å²) >= 11 is 6.47. The summed E-state index contributed by atoms with van der Waals surface area (Å²) in [7, 11) is 0. The molecule has 1 unspecified atom stereocenters. The summed E-state index contributed by atoms with van der Waals surface area (Å²) in [5.41, 5.74) is 5.05. The smallest absolute Gasteiger partial charge is 0.304 e. The van der Waals surface area contributed by atoms with Gasteiger partial charge in [-0.3, -0.25) is 19.3 Å². The third-order valence-corrected chi connectivity index (χ3v) is 9.42. The predicted molar refractivity (Wildman–Crippen MR) is 165 cm³/mol. The number of hydrogen-bond donors (Lipinski definition) is 1. The monoisotopic (exact) mass is 608 g/mol. The van der Waals surface area contributed by atoms with Crippen molar-refractivity contribution in [2.24, 2.45) is 11.8 Å². The van der Waals surface area contributed by atoms with E-state index in [4.69, 9.17) is 16.7 Å². The zero-order valence-electron chi connectivity index (χ0n) is 25.3. The van der Waals surface area contributed by atoms with Crippen LogP contribution in [-0.4, -0.2) is 99.9 Å². The lowest BCUT2D eigenvalue weighted by Gasteiger charge is -2.34. The Kier molecular flexibility index (Phi) is 9.78. The van der Waals surface area contributed by atoms with Crippen LogP contribution in [0.4, 0.5) is 5.69 Å². The van der Waals surface area contributed by atoms with E-state index < -0.39 is 5.97 Å². The van der Waals surface area contributed by atoms with Gasteiger partial charge in [-0.05, 0) is 76.4 Å². The number of amides is 2. The molecule has 1 aromatic heterocycles. The molecule has 43 heavy (non-hydrogen) atoms. The van der Waals surface area contributed by atoms with Crippen molar-refractivity contribution in [3.05, 3.63) is 63.8 Å². The van der Waals surface area contributed by atoms with Crippen LogP contribution in [0.15, 0.2) is 36.3 Å². The zero-order valence-corrected chi connectivity index (χ0v) is 26.0. The maximum absolute atomic E-state index is 13.8. The fraction of sp³-hybridized carbons (Fsp3) is 0.531. The second-order valence-electron chi connectivity index (χ2n) is 12.0. The number of hydrogen-bond acceptors (Lipinski definition) is 7. The summed E-state index contributed by atoms with van der Waals surface area (Å²) in [5.74, 6) is -0.500. The van der Waals surface area contributed by atoms with Gasteiger partial charge in [0, 0.05) is 68.0 Å². The van der Waals surface area contributed by atoms with Crippen LogP contribution in [0, 0.1) is 32.6 Å². The fourth-order valence-electron chi connectivity index (χ4n) is 6.50. The number of benzene rings is 1. The maximum Gasteiger partial charge on any atom is 0.304 e. The Hall–Kier alpha value is -3.34. The molecule has 0 bridgehead atoms. The van der Waals surface area contributed by atoms with Crippen LogP contribution in [0.1, 0.15) is 53.0 Å². The fourth-order valence-corrected chi connectivity index (χ4v) is 6.67. The summed E-state index contributed by atoms with van der Waals surface area (Å²) < 4.78 is 0. The number of aryl methyl sites for hydroxylation is 3. The van der Waals surface area contributed by atoms with E-state index in [-0.39, 0.29) is 24.2 Å². The summed E-state index contributed by atoms with van der Waals surface area (Å²) in [6, 6.07) is 5.81. The number of nitrogens with zero attached hydrogens (tertiary/aromatic N) is 6. The van der Waals surface area contributed by atoms with Crippen LogP contribution < -0.4 is 4.90 Å². The van der Waals surface area contributed by atoms with Gasteiger partial charge in [0.1, 0.15) is 6.33 Å². The molecule has 4 heterocycles. The van der Waals surface area contributed by atoms with Crippen molar-refractivity contribution >= 4 is 35.1 Å². The second-order valence-corrected chi connectivity index (χ2v) is 12.5. The first kappa shape index (κ1) is 31.1. The van der Waals surface area contributed by atoms with E-state index in [2.05, 4.69) is 19.8 Å². The lowest BCUT2D eigenvalue weighted by molar-refractivity contribution is -0.137. The largest absolute Gasteiger partial charge is 0.481 e. The lowest BCUT2D eigenvalue weighted by Crippen LogP contribution is -2.44. The standard InChI is InChI=1S/C32H41ClN6O4/c1-21-5-6-27(15-28(21)33)39(31(42)24-7-12-36(13-8-24)14-9-29(40)41)11-4-10-37-16-25-18-38(19-26(25)17-37)32(43)30-22(2)34-20-35-23(30)3/h5-6,15,18,20,24,26H,4,7-14,16-17,19H2,1-3H3,(H,40,41). The van der Waals surface area contributed by atoms with Gasteiger partial charge in [-0.1, -0.05) is 17.7 Å². The van der Waals surface area contributed by atoms with Crippen molar-refractivity contribution in [2.45, 2.75) is 46.5 Å². The van der Waals surface area contributed by atoms with E-state index in [0.717, 1.165) is 63.2 Å². The third-order valence-electron chi connectivity index (χ3n) is 9.02. The molecule has 10 nitrogen and oxygen atoms in total. The summed E-state index contributed by atoms with van der Waals surface area (Å²) in [5, 5.41) is 9.65. The Bertz CT molecular complexity index is 1390. The van der Waals surface area contributed by atoms with E-state index >= 15 is 0 Å². The molecule has 0 spiro atoms. The Morgan fingerprint density at radius 2 is 1.74 bits per heavy atom. The van der Waals surface area contributed by atoms with Crippen LogP contribution in [0.3, 0.4) is 0 Å². The number of carbonyl (C=O) groups is 3. The molecular weight excluding hydrogens is 568 g/mol. The number of carboxylic acid groups (broad SMARTS) is 1. The van der Waals surface area contributed by atoms with Gasteiger partial charge in [-0.2, -0.15) is 0 Å². The van der Waals surface area contributed by atoms with Crippen molar-refractivity contribution in [3.63, 3.8) is 0 Å². The van der Waals surface area contributed by atoms with Crippen LogP contribution >= 0.6 is 11.6 Å². The van der Waals surface area contributed by atoms with Gasteiger partial charge < -0.3 is 19.8 Å². The number of fused-ring (bicyclic) bond motifs is 1. The molecule has 0 saturated carbocycles. The van der Waals surface area contributed by atoms with Gasteiger partial charge in [-0.15, -0.1) is 0 Å². The van der Waals surface area contributed by atoms with E-state index in [9.17, 15) is 14.4 Å². The molecule has 0 radical (unpaired) electrons. The SMILES string of the molecule is Cc1ccc(N(CCCN2CC3=CN(C(=O)c4c(C)ncnc4C)CC3C2)C(=O)C2CCN(CCC(=O)O)CC2)cc1Cl. The van der Waals surface area contributed by atoms with Crippen LogP contribution in [0.25, 0.3) is 0 Å². The van der Waals surface area contributed by atoms with Gasteiger partial charge in [0.2, 0.25) is 5.91 Å². The molecule has 3 aliphatic rings.